The summed E-state index contributed by atoms with van der Waals surface area (Å²) in [6.45, 7) is 1.78. The Labute approximate surface area is 81.7 Å². The third-order valence-electron chi connectivity index (χ3n) is 1.90. The van der Waals surface area contributed by atoms with Crippen LogP contribution in [0.3, 0.4) is 0 Å². The molecule has 0 saturated heterocycles. The Morgan fingerprint density at radius 3 is 2.79 bits per heavy atom. The van der Waals surface area contributed by atoms with Crippen molar-refractivity contribution in [2.75, 3.05) is 17.6 Å². The standard InChI is InChI=1S/C8H14N4O2/c1-3-5-7(9)8(12(2)11-5)10-4-6(13)14/h10H,3-4,9H2,1-2H3,(H,13,14). The zero-order chi connectivity index (χ0) is 10.7. The van der Waals surface area contributed by atoms with Gasteiger partial charge in [0.1, 0.15) is 12.4 Å². The number of nitrogens with two attached hydrogens (primary N) is 1. The summed E-state index contributed by atoms with van der Waals surface area (Å²) >= 11 is 0. The van der Waals surface area contributed by atoms with Crippen molar-refractivity contribution in [3.05, 3.63) is 5.69 Å². The molecule has 0 aliphatic rings. The molecule has 0 aliphatic carbocycles. The molecule has 4 N–H and O–H groups in total. The molecule has 6 heteroatoms. The number of aromatic nitrogens is 2. The Balaban J connectivity index is 2.85. The molecule has 78 valence electrons. The monoisotopic (exact) mass is 198 g/mol. The molecule has 0 aliphatic heterocycles. The highest BCUT2D eigenvalue weighted by atomic mass is 16.4. The number of nitrogens with one attached hydrogen (secondary N) is 1. The van der Waals surface area contributed by atoms with Gasteiger partial charge in [-0.25, -0.2) is 0 Å². The molecular formula is C8H14N4O2. The predicted molar refractivity (Wildman–Crippen MR) is 53.1 cm³/mol. The van der Waals surface area contributed by atoms with E-state index in [2.05, 4.69) is 10.4 Å². The van der Waals surface area contributed by atoms with E-state index in [9.17, 15) is 4.79 Å². The van der Waals surface area contributed by atoms with Crippen LogP contribution in [0.5, 0.6) is 0 Å². The largest absolute Gasteiger partial charge is 0.480 e. The van der Waals surface area contributed by atoms with E-state index in [0.29, 0.717) is 11.5 Å². The van der Waals surface area contributed by atoms with E-state index in [-0.39, 0.29) is 6.54 Å². The van der Waals surface area contributed by atoms with E-state index in [0.717, 1.165) is 12.1 Å². The maximum absolute atomic E-state index is 10.3. The van der Waals surface area contributed by atoms with Gasteiger partial charge in [0.2, 0.25) is 0 Å². The molecular weight excluding hydrogens is 184 g/mol. The normalized spacial score (nSPS) is 10.1. The zero-order valence-corrected chi connectivity index (χ0v) is 8.24. The van der Waals surface area contributed by atoms with Gasteiger partial charge in [-0.2, -0.15) is 5.10 Å². The molecule has 0 saturated carbocycles. The van der Waals surface area contributed by atoms with Gasteiger partial charge in [-0.3, -0.25) is 9.48 Å². The SMILES string of the molecule is CCc1nn(C)c(NCC(=O)O)c1N. The molecule has 0 aromatic carbocycles. The van der Waals surface area contributed by atoms with Gasteiger partial charge in [0.05, 0.1) is 11.4 Å². The molecule has 0 unspecified atom stereocenters. The summed E-state index contributed by atoms with van der Waals surface area (Å²) < 4.78 is 1.55. The van der Waals surface area contributed by atoms with Gasteiger partial charge in [-0.1, -0.05) is 6.92 Å². The number of carboxylic acids is 1. The number of nitrogens with zero attached hydrogens (tertiary/aromatic N) is 2. The second kappa shape index (κ2) is 3.99. The molecule has 1 aromatic heterocycles. The van der Waals surface area contributed by atoms with Gasteiger partial charge in [0.25, 0.3) is 0 Å². The van der Waals surface area contributed by atoms with Crippen molar-refractivity contribution in [2.45, 2.75) is 13.3 Å². The molecule has 14 heavy (non-hydrogen) atoms. The lowest BCUT2D eigenvalue weighted by Gasteiger charge is -2.03. The lowest BCUT2D eigenvalue weighted by molar-refractivity contribution is -0.134. The second-order valence-corrected chi connectivity index (χ2v) is 2.93. The molecule has 1 aromatic rings. The Morgan fingerprint density at radius 1 is 1.71 bits per heavy atom. The average molecular weight is 198 g/mol. The number of carbonyl (C=O) groups is 1. The van der Waals surface area contributed by atoms with Gasteiger partial charge in [0, 0.05) is 7.05 Å². The van der Waals surface area contributed by atoms with Crippen molar-refractivity contribution < 1.29 is 9.90 Å². The summed E-state index contributed by atoms with van der Waals surface area (Å²) in [5, 5.41) is 15.3. The Kier molecular flexibility index (Phi) is 2.95. The van der Waals surface area contributed by atoms with E-state index in [1.54, 1.807) is 11.7 Å². The molecule has 0 radical (unpaired) electrons. The summed E-state index contributed by atoms with van der Waals surface area (Å²) in [7, 11) is 1.72. The third-order valence-corrected chi connectivity index (χ3v) is 1.90. The van der Waals surface area contributed by atoms with Gasteiger partial charge < -0.3 is 16.2 Å². The van der Waals surface area contributed by atoms with E-state index in [1.165, 1.54) is 0 Å². The van der Waals surface area contributed by atoms with Crippen LogP contribution in [0.2, 0.25) is 0 Å². The minimum Gasteiger partial charge on any atom is -0.480 e. The molecule has 0 spiro atoms. The van der Waals surface area contributed by atoms with Crippen LogP contribution in [-0.2, 0) is 18.3 Å². The molecule has 0 amide bonds. The smallest absolute Gasteiger partial charge is 0.322 e. The summed E-state index contributed by atoms with van der Waals surface area (Å²) in [6.07, 6.45) is 0.731. The maximum atomic E-state index is 10.3. The Bertz CT molecular complexity index is 345. The van der Waals surface area contributed by atoms with Crippen LogP contribution >= 0.6 is 0 Å². The fraction of sp³-hybridized carbons (Fsp3) is 0.500. The van der Waals surface area contributed by atoms with Gasteiger partial charge in [0.15, 0.2) is 0 Å². The number of nitrogen functional groups attached to an aromatic ring is 1. The van der Waals surface area contributed by atoms with Crippen LogP contribution < -0.4 is 11.1 Å². The van der Waals surface area contributed by atoms with Crippen molar-refractivity contribution in [2.24, 2.45) is 7.05 Å². The van der Waals surface area contributed by atoms with Crippen LogP contribution in [-0.4, -0.2) is 27.4 Å². The first-order valence-corrected chi connectivity index (χ1v) is 4.33. The molecule has 1 rings (SSSR count). The van der Waals surface area contributed by atoms with Gasteiger partial charge in [-0.05, 0) is 6.42 Å². The second-order valence-electron chi connectivity index (χ2n) is 2.93. The maximum Gasteiger partial charge on any atom is 0.322 e. The van der Waals surface area contributed by atoms with Crippen LogP contribution in [0, 0.1) is 0 Å². The highest BCUT2D eigenvalue weighted by molar-refractivity contribution is 5.75. The Morgan fingerprint density at radius 2 is 2.36 bits per heavy atom. The minimum absolute atomic E-state index is 0.160. The number of anilines is 2. The lowest BCUT2D eigenvalue weighted by atomic mass is 10.3. The van der Waals surface area contributed by atoms with Crippen LogP contribution in [0.1, 0.15) is 12.6 Å². The van der Waals surface area contributed by atoms with Crippen LogP contribution in [0.25, 0.3) is 0 Å². The average Bonchev–Trinajstić information content (AvgIpc) is 2.39. The fourth-order valence-electron chi connectivity index (χ4n) is 1.23. The van der Waals surface area contributed by atoms with Gasteiger partial charge >= 0.3 is 5.97 Å². The van der Waals surface area contributed by atoms with Crippen molar-refractivity contribution >= 4 is 17.5 Å². The van der Waals surface area contributed by atoms with Crippen LogP contribution in [0.15, 0.2) is 0 Å². The first-order chi connectivity index (χ1) is 6.56. The number of hydrogen-bond acceptors (Lipinski definition) is 4. The van der Waals surface area contributed by atoms with Crippen molar-refractivity contribution in [1.82, 2.24) is 9.78 Å². The van der Waals surface area contributed by atoms with E-state index < -0.39 is 5.97 Å². The van der Waals surface area contributed by atoms with E-state index in [1.807, 2.05) is 6.92 Å². The number of aryl methyl sites for hydroxylation is 2. The Hall–Kier alpha value is -1.72. The quantitative estimate of drug-likeness (QED) is 0.636. The van der Waals surface area contributed by atoms with Crippen molar-refractivity contribution in [1.29, 1.82) is 0 Å². The number of hydrogen-bond donors (Lipinski definition) is 3. The van der Waals surface area contributed by atoms with Crippen molar-refractivity contribution in [3.63, 3.8) is 0 Å². The van der Waals surface area contributed by atoms with E-state index >= 15 is 0 Å². The molecule has 0 fully saturated rings. The lowest BCUT2D eigenvalue weighted by Crippen LogP contribution is -2.15. The molecule has 0 atom stereocenters. The van der Waals surface area contributed by atoms with Crippen LogP contribution in [0.4, 0.5) is 11.5 Å². The number of rotatable bonds is 4. The van der Waals surface area contributed by atoms with E-state index in [4.69, 9.17) is 10.8 Å². The summed E-state index contributed by atoms with van der Waals surface area (Å²) in [5.74, 6) is -0.368. The highest BCUT2D eigenvalue weighted by Crippen LogP contribution is 2.21. The summed E-state index contributed by atoms with van der Waals surface area (Å²) in [6, 6.07) is 0. The fourth-order valence-corrected chi connectivity index (χ4v) is 1.23. The van der Waals surface area contributed by atoms with Crippen molar-refractivity contribution in [3.8, 4) is 0 Å². The molecule has 1 heterocycles. The zero-order valence-electron chi connectivity index (χ0n) is 8.24. The topological polar surface area (TPSA) is 93.2 Å². The summed E-state index contributed by atoms with van der Waals surface area (Å²) in [4.78, 5) is 10.3. The molecule has 6 nitrogen and oxygen atoms in total. The summed E-state index contributed by atoms with van der Waals surface area (Å²) in [5.41, 5.74) is 7.06. The number of carboxylic acid groups (broad SMARTS) is 1. The third kappa shape index (κ3) is 1.95. The minimum atomic E-state index is -0.927. The first-order valence-electron chi connectivity index (χ1n) is 4.33. The van der Waals surface area contributed by atoms with Gasteiger partial charge in [-0.15, -0.1) is 0 Å². The number of aliphatic carboxylic acids is 1. The highest BCUT2D eigenvalue weighted by Gasteiger charge is 2.11. The first kappa shape index (κ1) is 10.4. The predicted octanol–water partition coefficient (Wildman–Crippen LogP) is 0.0612. The molecule has 0 bridgehead atoms.